The summed E-state index contributed by atoms with van der Waals surface area (Å²) in [5, 5.41) is 14.9. The minimum absolute atomic E-state index is 0.0933. The normalized spacial score (nSPS) is 13.2. The molecule has 37 heavy (non-hydrogen) atoms. The van der Waals surface area contributed by atoms with Crippen LogP contribution in [0.25, 0.3) is 17.2 Å². The van der Waals surface area contributed by atoms with E-state index in [1.165, 1.54) is 39.0 Å². The molecular weight excluding hydrogens is 522 g/mol. The van der Waals surface area contributed by atoms with Crippen LogP contribution in [0.3, 0.4) is 0 Å². The third-order valence-corrected chi connectivity index (χ3v) is 7.59. The zero-order chi connectivity index (χ0) is 26.7. The largest absolute Gasteiger partial charge is 0.494 e. The first kappa shape index (κ1) is 26.4. The number of ether oxygens (including phenoxy) is 3. The maximum Gasteiger partial charge on any atom is 0.243 e. The highest BCUT2D eigenvalue weighted by Crippen LogP contribution is 2.38. The fraction of sp³-hybridized carbons (Fsp3) is 0.304. The third kappa shape index (κ3) is 5.24. The van der Waals surface area contributed by atoms with E-state index in [1.54, 1.807) is 36.4 Å². The number of nitrogens with zero attached hydrogens (tertiary/aromatic N) is 5. The summed E-state index contributed by atoms with van der Waals surface area (Å²) >= 11 is 5.94. The Morgan fingerprint density at radius 1 is 1.08 bits per heavy atom. The highest BCUT2D eigenvalue weighted by molar-refractivity contribution is 7.93. The molecule has 12 nitrogen and oxygen atoms in total. The SMILES string of the molecule is COc1cccc(OC)c1-n1c(NS(=O)(=O)C(C)C(OC)c2ccc(Cl)cn2)nnc1-c1cc(C)[nH]n1. The Hall–Kier alpha value is -3.68. The molecular formula is C23H26ClN7O5S. The van der Waals surface area contributed by atoms with Gasteiger partial charge in [0.1, 0.15) is 34.2 Å². The van der Waals surface area contributed by atoms with E-state index in [9.17, 15) is 8.42 Å². The molecule has 0 aliphatic heterocycles. The van der Waals surface area contributed by atoms with Crippen molar-refractivity contribution in [3.8, 4) is 28.7 Å². The number of sulfonamides is 1. The number of aryl methyl sites for hydroxylation is 1. The predicted molar refractivity (Wildman–Crippen MR) is 138 cm³/mol. The highest BCUT2D eigenvalue weighted by Gasteiger charge is 2.34. The molecule has 0 aliphatic carbocycles. The van der Waals surface area contributed by atoms with Gasteiger partial charge in [0.25, 0.3) is 0 Å². The van der Waals surface area contributed by atoms with Gasteiger partial charge in [0.2, 0.25) is 16.0 Å². The van der Waals surface area contributed by atoms with Gasteiger partial charge in [-0.15, -0.1) is 10.2 Å². The van der Waals surface area contributed by atoms with Crippen LogP contribution in [-0.2, 0) is 14.8 Å². The molecule has 2 N–H and O–H groups in total. The van der Waals surface area contributed by atoms with Crippen molar-refractivity contribution in [2.75, 3.05) is 26.1 Å². The molecule has 0 saturated heterocycles. The van der Waals surface area contributed by atoms with Crippen LogP contribution in [0.1, 0.15) is 24.4 Å². The summed E-state index contributed by atoms with van der Waals surface area (Å²) in [6.07, 6.45) is 0.540. The van der Waals surface area contributed by atoms with Crippen LogP contribution < -0.4 is 14.2 Å². The second-order valence-electron chi connectivity index (χ2n) is 8.04. The van der Waals surface area contributed by atoms with Crippen molar-refractivity contribution in [2.24, 2.45) is 0 Å². The van der Waals surface area contributed by atoms with Gasteiger partial charge in [-0.2, -0.15) is 5.10 Å². The second kappa shape index (κ2) is 10.7. The number of anilines is 1. The van der Waals surface area contributed by atoms with E-state index in [1.807, 2.05) is 6.92 Å². The van der Waals surface area contributed by atoms with Crippen molar-refractivity contribution in [1.82, 2.24) is 29.9 Å². The number of para-hydroxylation sites is 1. The average Bonchev–Trinajstić information content (AvgIpc) is 3.50. The Labute approximate surface area is 219 Å². The van der Waals surface area contributed by atoms with Crippen molar-refractivity contribution in [3.63, 3.8) is 0 Å². The Kier molecular flexibility index (Phi) is 7.66. The number of hydrogen-bond acceptors (Lipinski definition) is 9. The molecule has 3 heterocycles. The third-order valence-electron chi connectivity index (χ3n) is 5.67. The summed E-state index contributed by atoms with van der Waals surface area (Å²) in [5.74, 6) is 0.979. The maximum atomic E-state index is 13.6. The van der Waals surface area contributed by atoms with Gasteiger partial charge in [0, 0.05) is 19.0 Å². The topological polar surface area (TPSA) is 146 Å². The number of aromatic nitrogens is 6. The molecule has 0 amide bonds. The first-order chi connectivity index (χ1) is 17.7. The minimum atomic E-state index is -4.10. The van der Waals surface area contributed by atoms with Crippen molar-refractivity contribution in [1.29, 1.82) is 0 Å². The molecule has 3 aromatic heterocycles. The molecule has 1 aromatic carbocycles. The highest BCUT2D eigenvalue weighted by atomic mass is 35.5. The van der Waals surface area contributed by atoms with Crippen LogP contribution in [0.5, 0.6) is 11.5 Å². The van der Waals surface area contributed by atoms with Gasteiger partial charge < -0.3 is 14.2 Å². The lowest BCUT2D eigenvalue weighted by atomic mass is 10.2. The van der Waals surface area contributed by atoms with Crippen LogP contribution in [0, 0.1) is 6.92 Å². The number of aromatic amines is 1. The van der Waals surface area contributed by atoms with Gasteiger partial charge in [0.15, 0.2) is 5.82 Å². The van der Waals surface area contributed by atoms with Gasteiger partial charge in [-0.3, -0.25) is 19.4 Å². The van der Waals surface area contributed by atoms with E-state index in [0.29, 0.717) is 33.6 Å². The van der Waals surface area contributed by atoms with Gasteiger partial charge in [0.05, 0.1) is 24.9 Å². The lowest BCUT2D eigenvalue weighted by molar-refractivity contribution is 0.0989. The molecule has 0 bridgehead atoms. The number of halogens is 1. The number of rotatable bonds is 10. The molecule has 4 aromatic rings. The second-order valence-corrected chi connectivity index (χ2v) is 10.5. The quantitative estimate of drug-likeness (QED) is 0.304. The standard InChI is InChI=1S/C23H26ClN7O5S/c1-13-11-17(27-26-13)22-28-29-23(31(22)20-18(34-3)7-6-8-19(20)35-4)30-37(32,33)14(2)21(36-5)16-10-9-15(24)12-25-16/h6-12,14,21H,1-5H3,(H,26,27)(H,29,30). The number of nitrogens with one attached hydrogen (secondary N) is 2. The van der Waals surface area contributed by atoms with Crippen molar-refractivity contribution < 1.29 is 22.6 Å². The van der Waals surface area contributed by atoms with Gasteiger partial charge in [-0.05, 0) is 44.2 Å². The molecule has 0 radical (unpaired) electrons. The molecule has 2 unspecified atom stereocenters. The van der Waals surface area contributed by atoms with Gasteiger partial charge in [-0.25, -0.2) is 8.42 Å². The molecule has 0 spiro atoms. The Morgan fingerprint density at radius 2 is 1.78 bits per heavy atom. The van der Waals surface area contributed by atoms with Crippen LogP contribution in [-0.4, -0.2) is 64.9 Å². The molecule has 196 valence electrons. The molecule has 14 heteroatoms. The maximum absolute atomic E-state index is 13.6. The number of pyridine rings is 1. The van der Waals surface area contributed by atoms with Crippen LogP contribution >= 0.6 is 11.6 Å². The van der Waals surface area contributed by atoms with Crippen LogP contribution in [0.4, 0.5) is 5.95 Å². The summed E-state index contributed by atoms with van der Waals surface area (Å²) in [4.78, 5) is 4.22. The molecule has 2 atom stereocenters. The van der Waals surface area contributed by atoms with Gasteiger partial charge >= 0.3 is 0 Å². The summed E-state index contributed by atoms with van der Waals surface area (Å²) < 4.78 is 47.8. The lowest BCUT2D eigenvalue weighted by Crippen LogP contribution is -2.33. The number of hydrogen-bond donors (Lipinski definition) is 2. The Bertz CT molecular complexity index is 1470. The fourth-order valence-electron chi connectivity index (χ4n) is 3.80. The average molecular weight is 548 g/mol. The van der Waals surface area contributed by atoms with Gasteiger partial charge in [-0.1, -0.05) is 17.7 Å². The van der Waals surface area contributed by atoms with Crippen molar-refractivity contribution >= 4 is 27.6 Å². The molecule has 0 saturated carbocycles. The number of H-pyrrole nitrogens is 1. The summed E-state index contributed by atoms with van der Waals surface area (Å²) in [6.45, 7) is 3.34. The van der Waals surface area contributed by atoms with E-state index in [-0.39, 0.29) is 11.8 Å². The fourth-order valence-corrected chi connectivity index (χ4v) is 5.06. The van der Waals surface area contributed by atoms with Crippen molar-refractivity contribution in [2.45, 2.75) is 25.2 Å². The first-order valence-electron chi connectivity index (χ1n) is 11.0. The molecule has 0 fully saturated rings. The lowest BCUT2D eigenvalue weighted by Gasteiger charge is -2.23. The zero-order valence-electron chi connectivity index (χ0n) is 20.8. The van der Waals surface area contributed by atoms with E-state index >= 15 is 0 Å². The number of methoxy groups -OCH3 is 3. The van der Waals surface area contributed by atoms with Crippen LogP contribution in [0.2, 0.25) is 5.02 Å². The zero-order valence-corrected chi connectivity index (χ0v) is 22.3. The Balaban J connectivity index is 1.82. The molecule has 4 rings (SSSR count). The van der Waals surface area contributed by atoms with E-state index < -0.39 is 21.4 Å². The first-order valence-corrected chi connectivity index (χ1v) is 13.0. The summed E-state index contributed by atoms with van der Waals surface area (Å²) in [7, 11) is 0.303. The Morgan fingerprint density at radius 3 is 2.32 bits per heavy atom. The predicted octanol–water partition coefficient (Wildman–Crippen LogP) is 3.55. The summed E-state index contributed by atoms with van der Waals surface area (Å²) in [6, 6.07) is 10.2. The van der Waals surface area contributed by atoms with Crippen LogP contribution in [0.15, 0.2) is 42.6 Å². The number of benzene rings is 1. The van der Waals surface area contributed by atoms with Crippen molar-refractivity contribution in [3.05, 3.63) is 59.0 Å². The van der Waals surface area contributed by atoms with E-state index in [0.717, 1.165) is 5.69 Å². The van der Waals surface area contributed by atoms with E-state index in [4.69, 9.17) is 25.8 Å². The minimum Gasteiger partial charge on any atom is -0.494 e. The van der Waals surface area contributed by atoms with E-state index in [2.05, 4.69) is 30.1 Å². The smallest absolute Gasteiger partial charge is 0.243 e. The molecule has 0 aliphatic rings. The summed E-state index contributed by atoms with van der Waals surface area (Å²) in [5.41, 5.74) is 2.02. The monoisotopic (exact) mass is 547 g/mol.